The molecule has 2 aromatic rings. The van der Waals surface area contributed by atoms with E-state index in [0.717, 1.165) is 55.6 Å². The second-order valence-electron chi connectivity index (χ2n) is 7.04. The van der Waals surface area contributed by atoms with Crippen LogP contribution in [0.2, 0.25) is 0 Å². The minimum atomic E-state index is -0.0340. The molecule has 1 aromatic heterocycles. The lowest BCUT2D eigenvalue weighted by Crippen LogP contribution is -2.28. The molecule has 0 unspecified atom stereocenters. The van der Waals surface area contributed by atoms with Crippen LogP contribution in [0.25, 0.3) is 0 Å². The van der Waals surface area contributed by atoms with Crippen molar-refractivity contribution in [3.63, 3.8) is 0 Å². The minimum absolute atomic E-state index is 0.0340. The molecular formula is C22H28N2O2S. The van der Waals surface area contributed by atoms with Crippen LogP contribution in [0.5, 0.6) is 0 Å². The van der Waals surface area contributed by atoms with Gasteiger partial charge >= 0.3 is 0 Å². The Bertz CT molecular complexity index is 806. The van der Waals surface area contributed by atoms with Crippen LogP contribution in [0.4, 0.5) is 0 Å². The van der Waals surface area contributed by atoms with Gasteiger partial charge in [0.2, 0.25) is 0 Å². The van der Waals surface area contributed by atoms with E-state index in [0.29, 0.717) is 12.1 Å². The molecular weight excluding hydrogens is 356 g/mol. The van der Waals surface area contributed by atoms with Gasteiger partial charge in [-0.25, -0.2) is 0 Å². The zero-order chi connectivity index (χ0) is 19.2. The van der Waals surface area contributed by atoms with Crippen LogP contribution in [0, 0.1) is 0 Å². The SMILES string of the molecule is CCCc1sc(C(=O)NCc2cccc(C(=O)N3CCCC3)c2)cc1CC. The first kappa shape index (κ1) is 19.6. The maximum absolute atomic E-state index is 12.6. The van der Waals surface area contributed by atoms with Gasteiger partial charge in [-0.05, 0) is 55.0 Å². The lowest BCUT2D eigenvalue weighted by molar-refractivity contribution is 0.0792. The van der Waals surface area contributed by atoms with E-state index in [4.69, 9.17) is 0 Å². The number of nitrogens with zero attached hydrogens (tertiary/aromatic N) is 1. The van der Waals surface area contributed by atoms with E-state index in [1.807, 2.05) is 35.2 Å². The Morgan fingerprint density at radius 1 is 1.15 bits per heavy atom. The molecule has 4 nitrogen and oxygen atoms in total. The molecule has 1 aliphatic heterocycles. The summed E-state index contributed by atoms with van der Waals surface area (Å²) in [5.74, 6) is 0.0593. The van der Waals surface area contributed by atoms with E-state index in [1.54, 1.807) is 11.3 Å². The Balaban J connectivity index is 1.63. The highest BCUT2D eigenvalue weighted by Crippen LogP contribution is 2.24. The normalized spacial score (nSPS) is 13.8. The van der Waals surface area contributed by atoms with Crippen molar-refractivity contribution < 1.29 is 9.59 Å². The van der Waals surface area contributed by atoms with Crippen molar-refractivity contribution in [2.24, 2.45) is 0 Å². The summed E-state index contributed by atoms with van der Waals surface area (Å²) in [6.07, 6.45) is 5.25. The monoisotopic (exact) mass is 384 g/mol. The lowest BCUT2D eigenvalue weighted by Gasteiger charge is -2.15. The molecule has 144 valence electrons. The topological polar surface area (TPSA) is 49.4 Å². The Hall–Kier alpha value is -2.14. The number of hydrogen-bond donors (Lipinski definition) is 1. The molecule has 0 radical (unpaired) electrons. The minimum Gasteiger partial charge on any atom is -0.347 e. The van der Waals surface area contributed by atoms with Crippen LogP contribution in [0.1, 0.15) is 69.1 Å². The zero-order valence-corrected chi connectivity index (χ0v) is 17.0. The maximum atomic E-state index is 12.6. The number of likely N-dealkylation sites (tertiary alicyclic amines) is 1. The van der Waals surface area contributed by atoms with Gasteiger partial charge in [-0.1, -0.05) is 32.4 Å². The van der Waals surface area contributed by atoms with Gasteiger partial charge in [0.25, 0.3) is 11.8 Å². The maximum Gasteiger partial charge on any atom is 0.261 e. The summed E-state index contributed by atoms with van der Waals surface area (Å²) >= 11 is 1.60. The Morgan fingerprint density at radius 2 is 1.93 bits per heavy atom. The van der Waals surface area contributed by atoms with E-state index in [9.17, 15) is 9.59 Å². The largest absolute Gasteiger partial charge is 0.347 e. The van der Waals surface area contributed by atoms with Crippen molar-refractivity contribution in [3.05, 3.63) is 56.8 Å². The summed E-state index contributed by atoms with van der Waals surface area (Å²) in [7, 11) is 0. The van der Waals surface area contributed by atoms with E-state index < -0.39 is 0 Å². The number of amides is 2. The number of thiophene rings is 1. The summed E-state index contributed by atoms with van der Waals surface area (Å²) in [6.45, 7) is 6.42. The van der Waals surface area contributed by atoms with Crippen LogP contribution in [-0.2, 0) is 19.4 Å². The van der Waals surface area contributed by atoms with Gasteiger partial charge in [-0.2, -0.15) is 0 Å². The van der Waals surface area contributed by atoms with E-state index in [2.05, 4.69) is 19.2 Å². The number of aryl methyl sites for hydroxylation is 2. The molecule has 1 fully saturated rings. The highest BCUT2D eigenvalue weighted by molar-refractivity contribution is 7.14. The van der Waals surface area contributed by atoms with E-state index >= 15 is 0 Å². The third-order valence-electron chi connectivity index (χ3n) is 5.00. The molecule has 5 heteroatoms. The molecule has 1 saturated heterocycles. The standard InChI is InChI=1S/C22H28N2O2S/c1-3-8-19-17(4-2)14-20(27-19)21(25)23-15-16-9-7-10-18(13-16)22(26)24-11-5-6-12-24/h7,9-10,13-14H,3-6,8,11-12,15H2,1-2H3,(H,23,25). The summed E-state index contributed by atoms with van der Waals surface area (Å²) in [6, 6.07) is 9.63. The van der Waals surface area contributed by atoms with Gasteiger partial charge in [0.05, 0.1) is 4.88 Å². The molecule has 3 rings (SSSR count). The van der Waals surface area contributed by atoms with E-state index in [1.165, 1.54) is 10.4 Å². The number of carbonyl (C=O) groups excluding carboxylic acids is 2. The van der Waals surface area contributed by atoms with Crippen molar-refractivity contribution in [3.8, 4) is 0 Å². The quantitative estimate of drug-likeness (QED) is 0.768. The third kappa shape index (κ3) is 4.78. The fourth-order valence-corrected chi connectivity index (χ4v) is 4.77. The number of hydrogen-bond acceptors (Lipinski definition) is 3. The summed E-state index contributed by atoms with van der Waals surface area (Å²) in [4.78, 5) is 29.1. The van der Waals surface area contributed by atoms with Crippen molar-refractivity contribution in [2.75, 3.05) is 13.1 Å². The Kier molecular flexibility index (Phi) is 6.67. The van der Waals surface area contributed by atoms with Crippen molar-refractivity contribution in [1.82, 2.24) is 10.2 Å². The molecule has 0 bridgehead atoms. The van der Waals surface area contributed by atoms with Gasteiger partial charge in [-0.15, -0.1) is 11.3 Å². The summed E-state index contributed by atoms with van der Waals surface area (Å²) < 4.78 is 0. The van der Waals surface area contributed by atoms with E-state index in [-0.39, 0.29) is 11.8 Å². The highest BCUT2D eigenvalue weighted by atomic mass is 32.1. The molecule has 1 aromatic carbocycles. The number of benzene rings is 1. The fraction of sp³-hybridized carbons (Fsp3) is 0.455. The summed E-state index contributed by atoms with van der Waals surface area (Å²) in [5.41, 5.74) is 2.94. The van der Waals surface area contributed by atoms with Gasteiger partial charge in [0, 0.05) is 30.1 Å². The predicted molar refractivity (Wildman–Crippen MR) is 110 cm³/mol. The first-order valence-electron chi connectivity index (χ1n) is 9.90. The second-order valence-corrected chi connectivity index (χ2v) is 8.18. The zero-order valence-electron chi connectivity index (χ0n) is 16.2. The second kappa shape index (κ2) is 9.18. The first-order chi connectivity index (χ1) is 13.1. The van der Waals surface area contributed by atoms with Crippen molar-refractivity contribution >= 4 is 23.2 Å². The molecule has 0 atom stereocenters. The smallest absolute Gasteiger partial charge is 0.261 e. The van der Waals surface area contributed by atoms with Gasteiger partial charge in [-0.3, -0.25) is 9.59 Å². The average molecular weight is 385 g/mol. The number of carbonyl (C=O) groups is 2. The van der Waals surface area contributed by atoms with Crippen LogP contribution < -0.4 is 5.32 Å². The fourth-order valence-electron chi connectivity index (χ4n) is 3.50. The van der Waals surface area contributed by atoms with Crippen LogP contribution in [0.3, 0.4) is 0 Å². The number of nitrogens with one attached hydrogen (secondary N) is 1. The van der Waals surface area contributed by atoms with Crippen LogP contribution in [0.15, 0.2) is 30.3 Å². The Labute approximate surface area is 165 Å². The molecule has 1 aliphatic rings. The van der Waals surface area contributed by atoms with Crippen molar-refractivity contribution in [1.29, 1.82) is 0 Å². The lowest BCUT2D eigenvalue weighted by atomic mass is 10.1. The molecule has 2 heterocycles. The molecule has 2 amide bonds. The predicted octanol–water partition coefficient (Wildman–Crippen LogP) is 4.43. The van der Waals surface area contributed by atoms with Crippen LogP contribution >= 0.6 is 11.3 Å². The van der Waals surface area contributed by atoms with Gasteiger partial charge < -0.3 is 10.2 Å². The van der Waals surface area contributed by atoms with Gasteiger partial charge in [0.15, 0.2) is 0 Å². The third-order valence-corrected chi connectivity index (χ3v) is 6.23. The van der Waals surface area contributed by atoms with Crippen LogP contribution in [-0.4, -0.2) is 29.8 Å². The first-order valence-corrected chi connectivity index (χ1v) is 10.7. The molecule has 0 spiro atoms. The molecule has 27 heavy (non-hydrogen) atoms. The number of rotatable bonds is 7. The average Bonchev–Trinajstić information content (AvgIpc) is 3.36. The van der Waals surface area contributed by atoms with Crippen molar-refractivity contribution in [2.45, 2.75) is 52.5 Å². The molecule has 0 aliphatic carbocycles. The Morgan fingerprint density at radius 3 is 2.63 bits per heavy atom. The molecule has 0 saturated carbocycles. The van der Waals surface area contributed by atoms with Gasteiger partial charge in [0.1, 0.15) is 0 Å². The highest BCUT2D eigenvalue weighted by Gasteiger charge is 2.19. The molecule has 1 N–H and O–H groups in total. The summed E-state index contributed by atoms with van der Waals surface area (Å²) in [5, 5.41) is 3.00.